The van der Waals surface area contributed by atoms with E-state index in [0.717, 1.165) is 17.2 Å². The molecule has 1 saturated carbocycles. The monoisotopic (exact) mass is 305 g/mol. The molecule has 0 radical (unpaired) electrons. The van der Waals surface area contributed by atoms with E-state index in [-0.39, 0.29) is 11.5 Å². The minimum absolute atomic E-state index is 0.00889. The van der Waals surface area contributed by atoms with Gasteiger partial charge in [-0.3, -0.25) is 5.41 Å². The molecule has 2 aliphatic rings. The number of nitrogens with zero attached hydrogens (tertiary/aromatic N) is 2. The molecule has 2 heterocycles. The lowest BCUT2D eigenvalue weighted by molar-refractivity contribution is 0.279. The zero-order chi connectivity index (χ0) is 15.4. The molecule has 4 nitrogen and oxygen atoms in total. The summed E-state index contributed by atoms with van der Waals surface area (Å²) in [6.07, 6.45) is 2.50. The molecule has 114 valence electrons. The first kappa shape index (κ1) is 14.6. The van der Waals surface area contributed by atoms with E-state index < -0.39 is 0 Å². The summed E-state index contributed by atoms with van der Waals surface area (Å²) in [5.74, 6) is 1.43. The van der Waals surface area contributed by atoms with Gasteiger partial charge in [0.05, 0.1) is 17.3 Å². The lowest BCUT2D eigenvalue weighted by atomic mass is 9.93. The summed E-state index contributed by atoms with van der Waals surface area (Å²) in [6, 6.07) is -0.102. The first-order valence-corrected chi connectivity index (χ1v) is 8.42. The highest BCUT2D eigenvalue weighted by molar-refractivity contribution is 7.11. The maximum Gasteiger partial charge on any atom is 0.135 e. The van der Waals surface area contributed by atoms with Crippen LogP contribution >= 0.6 is 11.3 Å². The van der Waals surface area contributed by atoms with E-state index in [1.165, 1.54) is 24.2 Å². The molecule has 1 atom stereocenters. The van der Waals surface area contributed by atoms with Crippen molar-refractivity contribution in [1.29, 1.82) is 5.41 Å². The lowest BCUT2D eigenvalue weighted by Gasteiger charge is -2.23. The van der Waals surface area contributed by atoms with Crippen molar-refractivity contribution in [3.05, 3.63) is 21.8 Å². The first-order valence-electron chi connectivity index (χ1n) is 7.54. The van der Waals surface area contributed by atoms with Crippen LogP contribution in [-0.2, 0) is 5.41 Å². The van der Waals surface area contributed by atoms with Crippen LogP contribution in [0.2, 0.25) is 0 Å². The number of aliphatic hydroxyl groups is 1. The summed E-state index contributed by atoms with van der Waals surface area (Å²) in [4.78, 5) is 6.68. The van der Waals surface area contributed by atoms with Crippen molar-refractivity contribution in [2.24, 2.45) is 5.92 Å². The van der Waals surface area contributed by atoms with E-state index in [2.05, 4.69) is 25.8 Å². The van der Waals surface area contributed by atoms with Crippen molar-refractivity contribution < 1.29 is 5.11 Å². The predicted octanol–water partition coefficient (Wildman–Crippen LogP) is 3.80. The van der Waals surface area contributed by atoms with E-state index in [1.54, 1.807) is 0 Å². The van der Waals surface area contributed by atoms with E-state index in [1.807, 2.05) is 17.2 Å². The van der Waals surface area contributed by atoms with Gasteiger partial charge in [-0.1, -0.05) is 20.8 Å². The number of aromatic nitrogens is 1. The van der Waals surface area contributed by atoms with Gasteiger partial charge >= 0.3 is 0 Å². The van der Waals surface area contributed by atoms with Crippen LogP contribution in [0.1, 0.15) is 51.2 Å². The van der Waals surface area contributed by atoms with Crippen LogP contribution in [-0.4, -0.2) is 33.4 Å². The molecule has 2 N–H and O–H groups in total. The average Bonchev–Trinajstić information content (AvgIpc) is 3.03. The number of hydrogen-bond acceptors (Lipinski definition) is 4. The summed E-state index contributed by atoms with van der Waals surface area (Å²) in [7, 11) is 0. The summed E-state index contributed by atoms with van der Waals surface area (Å²) in [5.41, 5.74) is 1.64. The largest absolute Gasteiger partial charge is 0.509 e. The van der Waals surface area contributed by atoms with Gasteiger partial charge in [-0.2, -0.15) is 0 Å². The average molecular weight is 305 g/mol. The zero-order valence-corrected chi connectivity index (χ0v) is 13.9. The van der Waals surface area contributed by atoms with Gasteiger partial charge in [-0.25, -0.2) is 4.98 Å². The molecule has 0 spiro atoms. The fraction of sp³-hybridized carbons (Fsp3) is 0.625. The molecule has 0 amide bonds. The van der Waals surface area contributed by atoms with Crippen LogP contribution in [0.25, 0.3) is 5.57 Å². The van der Waals surface area contributed by atoms with Crippen molar-refractivity contribution in [2.75, 3.05) is 6.54 Å². The molecule has 1 fully saturated rings. The minimum Gasteiger partial charge on any atom is -0.509 e. The van der Waals surface area contributed by atoms with Crippen molar-refractivity contribution in [2.45, 2.75) is 52.0 Å². The molecule has 0 saturated heterocycles. The third-order valence-corrected chi connectivity index (χ3v) is 5.14. The predicted molar refractivity (Wildman–Crippen MR) is 87.0 cm³/mol. The van der Waals surface area contributed by atoms with Gasteiger partial charge in [0, 0.05) is 17.3 Å². The fourth-order valence-electron chi connectivity index (χ4n) is 2.59. The molecule has 0 bridgehead atoms. The van der Waals surface area contributed by atoms with Crippen LogP contribution in [0.5, 0.6) is 0 Å². The zero-order valence-electron chi connectivity index (χ0n) is 13.1. The third-order valence-electron chi connectivity index (χ3n) is 4.28. The topological polar surface area (TPSA) is 60.2 Å². The van der Waals surface area contributed by atoms with Gasteiger partial charge in [0.15, 0.2) is 0 Å². The smallest absolute Gasteiger partial charge is 0.135 e. The van der Waals surface area contributed by atoms with Crippen LogP contribution in [0.4, 0.5) is 0 Å². The molecular formula is C16H23N3OS. The molecule has 21 heavy (non-hydrogen) atoms. The number of nitrogens with one attached hydrogen (secondary N) is 1. The normalized spacial score (nSPS) is 23.3. The Labute approximate surface area is 130 Å². The fourth-order valence-corrected chi connectivity index (χ4v) is 3.69. The number of thiazole rings is 1. The van der Waals surface area contributed by atoms with E-state index in [4.69, 9.17) is 5.41 Å². The molecule has 1 aliphatic heterocycles. The Morgan fingerprint density at radius 3 is 2.62 bits per heavy atom. The van der Waals surface area contributed by atoms with Crippen LogP contribution in [0.3, 0.4) is 0 Å². The van der Waals surface area contributed by atoms with Gasteiger partial charge < -0.3 is 10.0 Å². The Kier molecular flexibility index (Phi) is 3.35. The molecular weight excluding hydrogens is 282 g/mol. The van der Waals surface area contributed by atoms with E-state index >= 15 is 0 Å². The Hall–Kier alpha value is -1.36. The Balaban J connectivity index is 1.90. The highest BCUT2D eigenvalue weighted by atomic mass is 32.1. The first-order chi connectivity index (χ1) is 9.79. The maximum absolute atomic E-state index is 10.5. The number of aliphatic hydroxyl groups excluding tert-OH is 1. The minimum atomic E-state index is -0.102. The van der Waals surface area contributed by atoms with Gasteiger partial charge in [-0.15, -0.1) is 11.3 Å². The van der Waals surface area contributed by atoms with Gasteiger partial charge in [0.1, 0.15) is 16.6 Å². The highest BCUT2D eigenvalue weighted by Gasteiger charge is 2.39. The summed E-state index contributed by atoms with van der Waals surface area (Å²) >= 11 is 1.52. The molecule has 1 aliphatic carbocycles. The van der Waals surface area contributed by atoms with Crippen molar-refractivity contribution in [1.82, 2.24) is 9.88 Å². The van der Waals surface area contributed by atoms with Crippen molar-refractivity contribution in [3.63, 3.8) is 0 Å². The van der Waals surface area contributed by atoms with Crippen LogP contribution in [0.15, 0.2) is 11.1 Å². The summed E-state index contributed by atoms with van der Waals surface area (Å²) in [5, 5.41) is 21.7. The molecule has 5 heteroatoms. The highest BCUT2D eigenvalue weighted by Crippen LogP contribution is 2.38. The van der Waals surface area contributed by atoms with Crippen LogP contribution < -0.4 is 0 Å². The number of hydrogen-bond donors (Lipinski definition) is 2. The van der Waals surface area contributed by atoms with Crippen LogP contribution in [0, 0.1) is 11.3 Å². The van der Waals surface area contributed by atoms with E-state index in [0.29, 0.717) is 23.1 Å². The van der Waals surface area contributed by atoms with Gasteiger partial charge in [0.25, 0.3) is 0 Å². The molecule has 3 rings (SSSR count). The Morgan fingerprint density at radius 2 is 2.10 bits per heavy atom. The van der Waals surface area contributed by atoms with Gasteiger partial charge in [-0.05, 0) is 25.7 Å². The Bertz CT molecular complexity index is 607. The lowest BCUT2D eigenvalue weighted by Crippen LogP contribution is -2.35. The maximum atomic E-state index is 10.5. The third kappa shape index (κ3) is 2.59. The van der Waals surface area contributed by atoms with E-state index in [9.17, 15) is 5.11 Å². The second-order valence-electron chi connectivity index (χ2n) is 7.17. The molecule has 1 aromatic rings. The van der Waals surface area contributed by atoms with Crippen molar-refractivity contribution >= 4 is 22.7 Å². The number of amidine groups is 1. The standard InChI is InChI=1S/C16H23N3OS/c1-9-13(20)12(14(17)19(9)7-10-5-6-10)15-18-11(8-21-15)16(2,3)4/h8-10,17,20H,5-7H2,1-4H3. The quantitative estimate of drug-likeness (QED) is 0.893. The second kappa shape index (κ2) is 4.83. The summed E-state index contributed by atoms with van der Waals surface area (Å²) < 4.78 is 0. The molecule has 1 unspecified atom stereocenters. The van der Waals surface area contributed by atoms with Crippen molar-refractivity contribution in [3.8, 4) is 0 Å². The SMILES string of the molecule is CC1C(O)=C(c2nc(C(C)(C)C)cs2)C(=N)N1CC1CC1. The summed E-state index contributed by atoms with van der Waals surface area (Å²) in [6.45, 7) is 9.23. The second-order valence-corrected chi connectivity index (χ2v) is 8.03. The van der Waals surface area contributed by atoms with Gasteiger partial charge in [0.2, 0.25) is 0 Å². The molecule has 0 aromatic carbocycles. The number of rotatable bonds is 3. The Morgan fingerprint density at radius 1 is 1.43 bits per heavy atom. The molecule has 1 aromatic heterocycles.